The third-order valence-corrected chi connectivity index (χ3v) is 10.4. The Morgan fingerprint density at radius 2 is 1.89 bits per heavy atom. The summed E-state index contributed by atoms with van der Waals surface area (Å²) >= 11 is 0. The minimum Gasteiger partial charge on any atom is -0.508 e. The van der Waals surface area contributed by atoms with E-state index in [4.69, 9.17) is 11.3 Å². The number of rotatable bonds is 6. The number of nitrogens with one attached hydrogen (secondary N) is 1. The van der Waals surface area contributed by atoms with Gasteiger partial charge in [-0.1, -0.05) is 42.6 Å². The number of amides is 1. The van der Waals surface area contributed by atoms with Crippen molar-refractivity contribution in [2.75, 3.05) is 13.2 Å². The summed E-state index contributed by atoms with van der Waals surface area (Å²) in [4.78, 5) is 17.6. The van der Waals surface area contributed by atoms with Crippen LogP contribution in [0.15, 0.2) is 41.1 Å². The fourth-order valence-corrected chi connectivity index (χ4v) is 8.13. The molecule has 0 spiro atoms. The van der Waals surface area contributed by atoms with E-state index in [2.05, 4.69) is 36.3 Å². The lowest BCUT2D eigenvalue weighted by Crippen LogP contribution is -2.54. The number of benzene rings is 1. The number of phenols is 1. The molecule has 6 nitrogen and oxygen atoms in total. The molecule has 4 aliphatic carbocycles. The lowest BCUT2D eigenvalue weighted by molar-refractivity contribution is -0.125. The first-order chi connectivity index (χ1) is 17.7. The van der Waals surface area contributed by atoms with E-state index in [0.29, 0.717) is 30.7 Å². The monoisotopic (exact) mass is 504 g/mol. The second-order valence-corrected chi connectivity index (χ2v) is 12.1. The molecule has 1 amide bonds. The number of fused-ring (bicyclic) bond motifs is 5. The van der Waals surface area contributed by atoms with E-state index in [0.717, 1.165) is 62.6 Å². The number of nitrogens with zero attached hydrogens (tertiary/aromatic N) is 1. The molecular weight excluding hydrogens is 464 g/mol. The Bertz CT molecular complexity index is 1130. The van der Waals surface area contributed by atoms with Crippen molar-refractivity contribution in [1.29, 1.82) is 0 Å². The van der Waals surface area contributed by atoms with Crippen LogP contribution in [0.3, 0.4) is 0 Å². The van der Waals surface area contributed by atoms with Crippen molar-refractivity contribution in [2.24, 2.45) is 33.7 Å². The predicted octanol–water partition coefficient (Wildman–Crippen LogP) is 4.75. The van der Waals surface area contributed by atoms with Crippen LogP contribution in [0.2, 0.25) is 0 Å². The third kappa shape index (κ3) is 4.56. The molecule has 6 atom stereocenters. The molecule has 0 heterocycles. The van der Waals surface area contributed by atoms with Crippen molar-refractivity contribution in [1.82, 2.24) is 5.32 Å². The number of phenolic OH excluding ortho intramolecular Hbond substituents is 1. The Balaban J connectivity index is 1.16. The van der Waals surface area contributed by atoms with E-state index in [1.165, 1.54) is 5.57 Å². The second kappa shape index (κ2) is 9.83. The van der Waals surface area contributed by atoms with Gasteiger partial charge in [0, 0.05) is 12.0 Å². The van der Waals surface area contributed by atoms with Gasteiger partial charge in [-0.15, -0.1) is 6.42 Å². The van der Waals surface area contributed by atoms with Gasteiger partial charge in [-0.25, -0.2) is 0 Å². The van der Waals surface area contributed by atoms with E-state index in [9.17, 15) is 15.0 Å². The molecule has 37 heavy (non-hydrogen) atoms. The van der Waals surface area contributed by atoms with Crippen molar-refractivity contribution in [3.8, 4) is 18.1 Å². The number of aliphatic hydroxyl groups is 1. The third-order valence-electron chi connectivity index (χ3n) is 10.4. The largest absolute Gasteiger partial charge is 0.508 e. The molecule has 0 unspecified atom stereocenters. The van der Waals surface area contributed by atoms with Gasteiger partial charge in [-0.3, -0.25) is 4.79 Å². The average molecular weight is 505 g/mol. The molecule has 0 saturated heterocycles. The molecular formula is C31H40N2O4. The highest BCUT2D eigenvalue weighted by molar-refractivity contribution is 5.96. The van der Waals surface area contributed by atoms with Gasteiger partial charge in [0.25, 0.3) is 5.91 Å². The summed E-state index contributed by atoms with van der Waals surface area (Å²) in [6, 6.07) is 6.98. The van der Waals surface area contributed by atoms with E-state index in [-0.39, 0.29) is 29.1 Å². The number of allylic oxidation sites excluding steroid dienone is 2. The lowest BCUT2D eigenvalue weighted by atomic mass is 9.46. The maximum atomic E-state index is 12.2. The van der Waals surface area contributed by atoms with Crippen LogP contribution in [0.1, 0.15) is 70.8 Å². The van der Waals surface area contributed by atoms with Crippen LogP contribution in [0.5, 0.6) is 5.75 Å². The fourth-order valence-electron chi connectivity index (χ4n) is 8.13. The topological polar surface area (TPSA) is 91.2 Å². The van der Waals surface area contributed by atoms with Crippen LogP contribution in [-0.4, -0.2) is 40.6 Å². The van der Waals surface area contributed by atoms with Gasteiger partial charge in [0.15, 0.2) is 6.61 Å². The summed E-state index contributed by atoms with van der Waals surface area (Å²) in [5.41, 5.74) is 2.47. The normalized spacial score (nSPS) is 37.5. The molecule has 0 bridgehead atoms. The van der Waals surface area contributed by atoms with Crippen LogP contribution in [-0.2, 0) is 16.1 Å². The molecule has 3 saturated carbocycles. The minimum absolute atomic E-state index is 0.0947. The molecule has 1 aromatic carbocycles. The summed E-state index contributed by atoms with van der Waals surface area (Å²) in [7, 11) is 0. The second-order valence-electron chi connectivity index (χ2n) is 12.1. The minimum atomic E-state index is -0.957. The lowest BCUT2D eigenvalue weighted by Gasteiger charge is -2.58. The number of oxime groups is 1. The number of hydrogen-bond donors (Lipinski definition) is 3. The SMILES string of the molecule is C#C[C@@]1(O)CC[C@@H]2[C@H]3CCC4=CC(=NOCC(=O)NCCc5ccc(O)cc5)CC[C@]4(C)[C@@H]3CC[C@]21C. The zero-order chi connectivity index (χ0) is 26.3. The van der Waals surface area contributed by atoms with Crippen molar-refractivity contribution in [3.05, 3.63) is 41.5 Å². The number of hydrogen-bond acceptors (Lipinski definition) is 5. The first-order valence-electron chi connectivity index (χ1n) is 13.8. The van der Waals surface area contributed by atoms with Crippen LogP contribution in [0, 0.1) is 40.9 Å². The van der Waals surface area contributed by atoms with Gasteiger partial charge in [-0.05, 0) is 105 Å². The molecule has 6 heteroatoms. The summed E-state index contributed by atoms with van der Waals surface area (Å²) in [5.74, 6) is 4.55. The fraction of sp³-hybridized carbons (Fsp3) is 0.613. The standard InChI is InChI=1S/C31H40N2O4/c1-4-31(36)17-13-27-25-10-7-22-19-23(11-15-29(22,2)26(25)12-16-30(27,31)3)33-37-20-28(35)32-18-14-21-5-8-24(34)9-6-21/h1,5-6,8-9,19,25-27,34,36H,7,10-18,20H2,2-3H3,(H,32,35)/t25-,26+,27+,29-,30+,31+/m0/s1. The first-order valence-corrected chi connectivity index (χ1v) is 13.8. The molecule has 0 aromatic heterocycles. The number of aromatic hydroxyl groups is 1. The quantitative estimate of drug-likeness (QED) is 0.385. The maximum Gasteiger partial charge on any atom is 0.260 e. The van der Waals surface area contributed by atoms with Gasteiger partial charge in [0.1, 0.15) is 11.4 Å². The maximum absolute atomic E-state index is 12.2. The van der Waals surface area contributed by atoms with Gasteiger partial charge in [0.2, 0.25) is 0 Å². The molecule has 3 N–H and O–H groups in total. The molecule has 0 radical (unpaired) electrons. The van der Waals surface area contributed by atoms with Crippen molar-refractivity contribution < 1.29 is 19.8 Å². The molecule has 5 rings (SSSR count). The number of carbonyl (C=O) groups excluding carboxylic acids is 1. The van der Waals surface area contributed by atoms with Crippen LogP contribution >= 0.6 is 0 Å². The van der Waals surface area contributed by atoms with Crippen molar-refractivity contribution >= 4 is 11.6 Å². The Morgan fingerprint density at radius 1 is 1.14 bits per heavy atom. The highest BCUT2D eigenvalue weighted by atomic mass is 16.6. The zero-order valence-corrected chi connectivity index (χ0v) is 22.1. The zero-order valence-electron chi connectivity index (χ0n) is 22.1. The van der Waals surface area contributed by atoms with E-state index in [1.807, 2.05) is 12.1 Å². The molecule has 1 aromatic rings. The molecule has 198 valence electrons. The predicted molar refractivity (Wildman–Crippen MR) is 144 cm³/mol. The van der Waals surface area contributed by atoms with E-state index < -0.39 is 5.60 Å². The summed E-state index contributed by atoms with van der Waals surface area (Å²) in [5, 5.41) is 27.7. The van der Waals surface area contributed by atoms with Crippen molar-refractivity contribution in [3.63, 3.8) is 0 Å². The molecule has 0 aliphatic heterocycles. The van der Waals surface area contributed by atoms with Gasteiger partial charge in [-0.2, -0.15) is 0 Å². The van der Waals surface area contributed by atoms with Crippen LogP contribution in [0.4, 0.5) is 0 Å². The Morgan fingerprint density at radius 3 is 2.65 bits per heavy atom. The summed E-state index contributed by atoms with van der Waals surface area (Å²) in [6.07, 6.45) is 16.7. The van der Waals surface area contributed by atoms with E-state index in [1.54, 1.807) is 12.1 Å². The number of terminal acetylenes is 1. The smallest absolute Gasteiger partial charge is 0.260 e. The van der Waals surface area contributed by atoms with E-state index >= 15 is 0 Å². The first kappa shape index (κ1) is 25.9. The Kier molecular flexibility index (Phi) is 6.87. The van der Waals surface area contributed by atoms with Gasteiger partial charge < -0.3 is 20.4 Å². The van der Waals surface area contributed by atoms with Crippen molar-refractivity contribution in [2.45, 2.75) is 77.2 Å². The molecule has 4 aliphatic rings. The Labute approximate surface area is 220 Å². The van der Waals surface area contributed by atoms with Gasteiger partial charge in [0.05, 0.1) is 5.71 Å². The highest BCUT2D eigenvalue weighted by Crippen LogP contribution is 2.67. The van der Waals surface area contributed by atoms with Crippen LogP contribution in [0.25, 0.3) is 0 Å². The molecule has 3 fully saturated rings. The van der Waals surface area contributed by atoms with Gasteiger partial charge >= 0.3 is 0 Å². The Hall–Kier alpha value is -2.78. The highest BCUT2D eigenvalue weighted by Gasteiger charge is 2.63. The number of carbonyl (C=O) groups is 1. The average Bonchev–Trinajstić information content (AvgIpc) is 3.16. The van der Waals surface area contributed by atoms with Crippen LogP contribution < -0.4 is 5.32 Å². The summed E-state index contributed by atoms with van der Waals surface area (Å²) in [6.45, 7) is 5.08. The summed E-state index contributed by atoms with van der Waals surface area (Å²) < 4.78 is 0.